The van der Waals surface area contributed by atoms with Crippen LogP contribution >= 0.6 is 0 Å². The highest BCUT2D eigenvalue weighted by Gasteiger charge is 2.52. The smallest absolute Gasteiger partial charge is 0.335 e. The molecular weight excluding hydrogens is 472 g/mol. The maximum absolute atomic E-state index is 11.2. The molecule has 2 fully saturated rings. The van der Waals surface area contributed by atoms with E-state index in [0.717, 1.165) is 0 Å². The molecule has 2 heterocycles. The summed E-state index contributed by atoms with van der Waals surface area (Å²) >= 11 is 0. The third-order valence-electron chi connectivity index (χ3n) is 5.61. The molecule has 0 aromatic carbocycles. The van der Waals surface area contributed by atoms with Gasteiger partial charge in [-0.05, 0) is 6.92 Å². The Balaban J connectivity index is 2.17. The first kappa shape index (κ1) is 29.1. The second-order valence-electron chi connectivity index (χ2n) is 8.12. The molecule has 0 aliphatic carbocycles. The molecule has 14 atom stereocenters. The van der Waals surface area contributed by atoms with E-state index >= 15 is 0 Å². The summed E-state index contributed by atoms with van der Waals surface area (Å²) in [6, 6.07) is 0. The van der Waals surface area contributed by atoms with Crippen LogP contribution in [0.5, 0.6) is 0 Å². The molecule has 0 aromatic rings. The number of ether oxygens (including phenoxy) is 4. The lowest BCUT2D eigenvalue weighted by molar-refractivity contribution is -0.364. The second kappa shape index (κ2) is 12.2. The summed E-state index contributed by atoms with van der Waals surface area (Å²) in [5.74, 6) is -1.69. The van der Waals surface area contributed by atoms with Crippen LogP contribution in [-0.4, -0.2) is 161 Å². The van der Waals surface area contributed by atoms with Crippen molar-refractivity contribution in [3.63, 3.8) is 0 Å². The lowest BCUT2D eigenvalue weighted by Gasteiger charge is -2.46. The number of carboxylic acids is 1. The summed E-state index contributed by atoms with van der Waals surface area (Å²) in [6.07, 6.45) is -25.5. The lowest BCUT2D eigenvalue weighted by atomic mass is 9.96. The van der Waals surface area contributed by atoms with Gasteiger partial charge in [0.2, 0.25) is 0 Å². The fourth-order valence-corrected chi connectivity index (χ4v) is 3.61. The molecule has 34 heavy (non-hydrogen) atoms. The van der Waals surface area contributed by atoms with E-state index in [1.54, 1.807) is 0 Å². The van der Waals surface area contributed by atoms with Crippen LogP contribution in [0.25, 0.3) is 0 Å². The highest BCUT2D eigenvalue weighted by molar-refractivity contribution is 5.73. The van der Waals surface area contributed by atoms with Gasteiger partial charge < -0.3 is 75.1 Å². The van der Waals surface area contributed by atoms with Gasteiger partial charge in [-0.3, -0.25) is 0 Å². The van der Waals surface area contributed by atoms with Crippen LogP contribution in [0.4, 0.5) is 0 Å². The molecule has 2 aliphatic heterocycles. The van der Waals surface area contributed by atoms with Crippen molar-refractivity contribution in [1.29, 1.82) is 0 Å². The zero-order chi connectivity index (χ0) is 25.9. The number of aliphatic hydroxyl groups excluding tert-OH is 10. The first-order chi connectivity index (χ1) is 15.8. The molecule has 0 spiro atoms. The van der Waals surface area contributed by atoms with E-state index in [-0.39, 0.29) is 0 Å². The molecule has 0 saturated carbocycles. The Hall–Kier alpha value is -1.09. The minimum absolute atomic E-state index is 0.883. The number of aliphatic hydroxyl groups is 10. The van der Waals surface area contributed by atoms with Crippen LogP contribution in [0.2, 0.25) is 0 Å². The van der Waals surface area contributed by atoms with E-state index < -0.39 is 105 Å². The number of carboxylic acid groups (broad SMARTS) is 1. The summed E-state index contributed by atoms with van der Waals surface area (Å²) in [5, 5.41) is 108. The molecule has 200 valence electrons. The maximum Gasteiger partial charge on any atom is 0.335 e. The van der Waals surface area contributed by atoms with E-state index in [1.165, 1.54) is 6.92 Å². The van der Waals surface area contributed by atoms with E-state index in [4.69, 9.17) is 29.2 Å². The molecule has 0 aromatic heterocycles. The van der Waals surface area contributed by atoms with Crippen LogP contribution in [0.15, 0.2) is 0 Å². The molecule has 0 radical (unpaired) electrons. The Bertz CT molecular complexity index is 647. The third-order valence-corrected chi connectivity index (χ3v) is 5.61. The van der Waals surface area contributed by atoms with Crippen molar-refractivity contribution < 1.29 is 79.9 Å². The van der Waals surface area contributed by atoms with Gasteiger partial charge in [-0.2, -0.15) is 0 Å². The van der Waals surface area contributed by atoms with Gasteiger partial charge in [0.15, 0.2) is 18.7 Å². The largest absolute Gasteiger partial charge is 0.479 e. The van der Waals surface area contributed by atoms with Crippen molar-refractivity contribution >= 4 is 5.97 Å². The average Bonchev–Trinajstić information content (AvgIpc) is 2.79. The molecule has 0 bridgehead atoms. The predicted octanol–water partition coefficient (Wildman–Crippen LogP) is -6.82. The number of hydrogen-bond donors (Lipinski definition) is 11. The fourth-order valence-electron chi connectivity index (χ4n) is 3.61. The fraction of sp³-hybridized carbons (Fsp3) is 0.944. The summed E-state index contributed by atoms with van der Waals surface area (Å²) in [7, 11) is 0. The monoisotopic (exact) mass is 504 g/mol. The van der Waals surface area contributed by atoms with Gasteiger partial charge in [-0.25, -0.2) is 4.79 Å². The number of carbonyl (C=O) groups is 1. The van der Waals surface area contributed by atoms with E-state index in [2.05, 4.69) is 0 Å². The van der Waals surface area contributed by atoms with Gasteiger partial charge >= 0.3 is 5.97 Å². The molecule has 2 rings (SSSR count). The summed E-state index contributed by atoms with van der Waals surface area (Å²) < 4.78 is 20.9. The Morgan fingerprint density at radius 1 is 0.882 bits per heavy atom. The lowest BCUT2D eigenvalue weighted by Crippen LogP contribution is -2.65. The van der Waals surface area contributed by atoms with Crippen LogP contribution in [-0.2, 0) is 23.7 Å². The Kier molecular flexibility index (Phi) is 10.5. The minimum atomic E-state index is -2.01. The standard InChI is InChI=1S/C18H32O16/c1-4(21)13(7(23)5(22)2-19)32-17-12(28)10(26)14(6(3-20)31-17)33-18-11(27)8(24)9(25)15(34-18)16(29)30/h4-15,17-28H,2-3H2,1H3,(H,29,30). The highest BCUT2D eigenvalue weighted by Crippen LogP contribution is 2.30. The molecule has 0 amide bonds. The van der Waals surface area contributed by atoms with Crippen LogP contribution in [0, 0.1) is 0 Å². The van der Waals surface area contributed by atoms with Crippen molar-refractivity contribution in [3.8, 4) is 0 Å². The SMILES string of the molecule is CC(O)C(OC1OC(CO)C(OC2OC(C(=O)O)C(O)C(O)C2O)C(O)C1O)C(O)C(O)CO. The first-order valence-electron chi connectivity index (χ1n) is 10.4. The maximum atomic E-state index is 11.2. The van der Waals surface area contributed by atoms with Crippen LogP contribution in [0.3, 0.4) is 0 Å². The molecule has 16 heteroatoms. The Morgan fingerprint density at radius 3 is 1.97 bits per heavy atom. The predicted molar refractivity (Wildman–Crippen MR) is 103 cm³/mol. The van der Waals surface area contributed by atoms with Gasteiger partial charge in [0.1, 0.15) is 61.0 Å². The van der Waals surface area contributed by atoms with Gasteiger partial charge in [-0.15, -0.1) is 0 Å². The van der Waals surface area contributed by atoms with E-state index in [0.29, 0.717) is 0 Å². The Labute approximate surface area is 192 Å². The number of aliphatic carboxylic acids is 1. The normalized spacial score (nSPS) is 42.6. The van der Waals surface area contributed by atoms with Gasteiger partial charge in [-0.1, -0.05) is 0 Å². The van der Waals surface area contributed by atoms with E-state index in [9.17, 15) is 50.8 Å². The van der Waals surface area contributed by atoms with Gasteiger partial charge in [0.25, 0.3) is 0 Å². The quantitative estimate of drug-likeness (QED) is 0.132. The molecule has 2 aliphatic rings. The summed E-state index contributed by atoms with van der Waals surface area (Å²) in [5.41, 5.74) is 0. The van der Waals surface area contributed by atoms with Crippen molar-refractivity contribution in [2.24, 2.45) is 0 Å². The van der Waals surface area contributed by atoms with Crippen molar-refractivity contribution in [2.45, 2.75) is 92.8 Å². The number of hydrogen-bond acceptors (Lipinski definition) is 15. The van der Waals surface area contributed by atoms with Gasteiger partial charge in [0, 0.05) is 0 Å². The zero-order valence-electron chi connectivity index (χ0n) is 18.0. The second-order valence-corrected chi connectivity index (χ2v) is 8.12. The Morgan fingerprint density at radius 2 is 1.47 bits per heavy atom. The summed E-state index contributed by atoms with van der Waals surface area (Å²) in [6.45, 7) is -0.605. The minimum Gasteiger partial charge on any atom is -0.479 e. The van der Waals surface area contributed by atoms with Gasteiger partial charge in [0.05, 0.1) is 19.3 Å². The van der Waals surface area contributed by atoms with E-state index in [1.807, 2.05) is 0 Å². The highest BCUT2D eigenvalue weighted by atomic mass is 16.7. The number of rotatable bonds is 10. The van der Waals surface area contributed by atoms with Crippen molar-refractivity contribution in [3.05, 3.63) is 0 Å². The summed E-state index contributed by atoms with van der Waals surface area (Å²) in [4.78, 5) is 11.2. The molecule has 11 N–H and O–H groups in total. The topological polar surface area (TPSA) is 277 Å². The average molecular weight is 504 g/mol. The molecule has 2 saturated heterocycles. The molecular formula is C18H32O16. The van der Waals surface area contributed by atoms with Crippen LogP contribution in [0.1, 0.15) is 6.92 Å². The van der Waals surface area contributed by atoms with Crippen LogP contribution < -0.4 is 0 Å². The molecule has 14 unspecified atom stereocenters. The molecule has 16 nitrogen and oxygen atoms in total. The first-order valence-corrected chi connectivity index (χ1v) is 10.4. The zero-order valence-corrected chi connectivity index (χ0v) is 18.0. The third kappa shape index (κ3) is 6.18. The van der Waals surface area contributed by atoms with Crippen molar-refractivity contribution in [2.75, 3.05) is 13.2 Å². The van der Waals surface area contributed by atoms with Crippen molar-refractivity contribution in [1.82, 2.24) is 0 Å².